The molecule has 0 bridgehead atoms. The highest BCUT2D eigenvalue weighted by Crippen LogP contribution is 2.26. The first-order valence-corrected chi connectivity index (χ1v) is 5.47. The van der Waals surface area contributed by atoms with Gasteiger partial charge in [0.05, 0.1) is 6.04 Å². The molecule has 2 atom stereocenters. The van der Waals surface area contributed by atoms with Crippen molar-refractivity contribution in [2.45, 2.75) is 25.9 Å². The second-order valence-corrected chi connectivity index (χ2v) is 4.29. The summed E-state index contributed by atoms with van der Waals surface area (Å²) in [4.78, 5) is 0. The normalized spacial score (nSPS) is 14.3. The van der Waals surface area contributed by atoms with Crippen LogP contribution in [0.1, 0.15) is 25.5 Å². The molecule has 3 heteroatoms. The van der Waals surface area contributed by atoms with Gasteiger partial charge in [-0.25, -0.2) is 0 Å². The van der Waals surface area contributed by atoms with Crippen molar-refractivity contribution in [2.24, 2.45) is 0 Å². The molecule has 1 aromatic carbocycles. The van der Waals surface area contributed by atoms with Crippen LogP contribution in [0.15, 0.2) is 18.2 Å². The molecule has 0 fully saturated rings. The average Bonchev–Trinajstić information content (AvgIpc) is 2.17. The predicted molar refractivity (Wildman–Crippen MR) is 66.3 cm³/mol. The molecule has 0 saturated carbocycles. The maximum absolute atomic E-state index is 6.07. The molecule has 1 aromatic rings. The van der Waals surface area contributed by atoms with Crippen LogP contribution in [0.3, 0.4) is 0 Å². The Kier molecular flexibility index (Phi) is 4.47. The number of hydrogen-bond acceptors (Lipinski definition) is 1. The topological polar surface area (TPSA) is 12.0 Å². The molecule has 0 aliphatic heterocycles. The van der Waals surface area contributed by atoms with E-state index >= 15 is 0 Å². The van der Waals surface area contributed by atoms with E-state index in [0.29, 0.717) is 10.0 Å². The highest BCUT2D eigenvalue weighted by Gasteiger charge is 2.11. The largest absolute Gasteiger partial charge is 0.297 e. The van der Waals surface area contributed by atoms with Gasteiger partial charge < -0.3 is 0 Å². The molecule has 0 spiro atoms. The number of nitrogens with one attached hydrogen (secondary N) is 1. The van der Waals surface area contributed by atoms with Crippen LogP contribution >= 0.6 is 23.2 Å². The van der Waals surface area contributed by atoms with Crippen molar-refractivity contribution >= 4 is 23.2 Å². The molecule has 0 radical (unpaired) electrons. The Morgan fingerprint density at radius 2 is 2.00 bits per heavy atom. The first-order valence-electron chi connectivity index (χ1n) is 4.71. The maximum Gasteiger partial charge on any atom is 0.0662 e. The lowest BCUT2D eigenvalue weighted by Gasteiger charge is -2.17. The molecule has 0 aromatic heterocycles. The van der Waals surface area contributed by atoms with Crippen molar-refractivity contribution in [2.75, 3.05) is 0 Å². The third-order valence-corrected chi connectivity index (χ3v) is 2.74. The zero-order valence-corrected chi connectivity index (χ0v) is 10.2. The Bertz CT molecular complexity index is 382. The zero-order chi connectivity index (χ0) is 11.4. The van der Waals surface area contributed by atoms with Crippen LogP contribution in [-0.4, -0.2) is 6.04 Å². The minimum atomic E-state index is 0.0201. The highest BCUT2D eigenvalue weighted by molar-refractivity contribution is 6.35. The van der Waals surface area contributed by atoms with Crippen LogP contribution in [-0.2, 0) is 0 Å². The van der Waals surface area contributed by atoms with E-state index in [0.717, 1.165) is 5.56 Å². The molecule has 0 aliphatic carbocycles. The minimum absolute atomic E-state index is 0.0201. The third kappa shape index (κ3) is 3.43. The lowest BCUT2D eigenvalue weighted by Crippen LogP contribution is -2.27. The molecule has 0 amide bonds. The highest BCUT2D eigenvalue weighted by atomic mass is 35.5. The Labute approximate surface area is 101 Å². The van der Waals surface area contributed by atoms with Gasteiger partial charge >= 0.3 is 0 Å². The van der Waals surface area contributed by atoms with Crippen molar-refractivity contribution in [3.8, 4) is 12.3 Å². The fraction of sp³-hybridized carbons (Fsp3) is 0.333. The molecule has 1 rings (SSSR count). The molecule has 0 saturated heterocycles. The van der Waals surface area contributed by atoms with Gasteiger partial charge in [0.2, 0.25) is 0 Å². The van der Waals surface area contributed by atoms with E-state index in [1.54, 1.807) is 6.07 Å². The average molecular weight is 242 g/mol. The number of benzene rings is 1. The van der Waals surface area contributed by atoms with E-state index in [-0.39, 0.29) is 12.1 Å². The van der Waals surface area contributed by atoms with Gasteiger partial charge in [0, 0.05) is 16.1 Å². The molecule has 15 heavy (non-hydrogen) atoms. The smallest absolute Gasteiger partial charge is 0.0662 e. The summed E-state index contributed by atoms with van der Waals surface area (Å²) in [6.45, 7) is 3.95. The molecule has 2 unspecified atom stereocenters. The third-order valence-electron chi connectivity index (χ3n) is 2.18. The summed E-state index contributed by atoms with van der Waals surface area (Å²) in [7, 11) is 0. The summed E-state index contributed by atoms with van der Waals surface area (Å²) in [6, 6.07) is 5.59. The number of terminal acetylenes is 1. The Balaban J connectivity index is 2.83. The van der Waals surface area contributed by atoms with Gasteiger partial charge in [-0.3, -0.25) is 5.32 Å². The van der Waals surface area contributed by atoms with E-state index in [4.69, 9.17) is 29.6 Å². The molecule has 1 N–H and O–H groups in total. The van der Waals surface area contributed by atoms with Crippen molar-refractivity contribution in [1.82, 2.24) is 5.32 Å². The van der Waals surface area contributed by atoms with Gasteiger partial charge in [0.15, 0.2) is 0 Å². The standard InChI is InChI=1S/C12H13Cl2N/c1-4-8(2)15-9(3)11-6-5-10(13)7-12(11)14/h1,5-9,15H,2-3H3. The number of halogens is 2. The first kappa shape index (κ1) is 12.4. The van der Waals surface area contributed by atoms with E-state index in [1.165, 1.54) is 0 Å². The Hall–Kier alpha value is -0.680. The zero-order valence-electron chi connectivity index (χ0n) is 8.72. The van der Waals surface area contributed by atoms with Crippen molar-refractivity contribution in [3.05, 3.63) is 33.8 Å². The lowest BCUT2D eigenvalue weighted by atomic mass is 10.1. The molecular weight excluding hydrogens is 229 g/mol. The van der Waals surface area contributed by atoms with Crippen LogP contribution in [0.4, 0.5) is 0 Å². The second kappa shape index (κ2) is 5.42. The molecule has 1 nitrogen and oxygen atoms in total. The van der Waals surface area contributed by atoms with Crippen molar-refractivity contribution in [3.63, 3.8) is 0 Å². The number of hydrogen-bond donors (Lipinski definition) is 1. The van der Waals surface area contributed by atoms with Gasteiger partial charge in [-0.1, -0.05) is 35.2 Å². The second-order valence-electron chi connectivity index (χ2n) is 3.44. The Morgan fingerprint density at radius 1 is 1.33 bits per heavy atom. The lowest BCUT2D eigenvalue weighted by molar-refractivity contribution is 0.546. The van der Waals surface area contributed by atoms with Crippen LogP contribution in [0, 0.1) is 12.3 Å². The van der Waals surface area contributed by atoms with Gasteiger partial charge in [0.25, 0.3) is 0 Å². The molecule has 80 valence electrons. The Morgan fingerprint density at radius 3 is 2.53 bits per heavy atom. The predicted octanol–water partition coefficient (Wildman–Crippen LogP) is 3.67. The quantitative estimate of drug-likeness (QED) is 0.797. The van der Waals surface area contributed by atoms with Gasteiger partial charge in [-0.15, -0.1) is 6.42 Å². The van der Waals surface area contributed by atoms with Crippen LogP contribution in [0.2, 0.25) is 10.0 Å². The summed E-state index contributed by atoms with van der Waals surface area (Å²) in [5, 5.41) is 4.54. The SMILES string of the molecule is C#CC(C)NC(C)c1ccc(Cl)cc1Cl. The molecular formula is C12H13Cl2N. The van der Waals surface area contributed by atoms with Gasteiger partial charge in [0.1, 0.15) is 0 Å². The summed E-state index contributed by atoms with van der Waals surface area (Å²) >= 11 is 11.9. The van der Waals surface area contributed by atoms with Gasteiger partial charge in [-0.2, -0.15) is 0 Å². The fourth-order valence-electron chi connectivity index (χ4n) is 1.37. The fourth-order valence-corrected chi connectivity index (χ4v) is 1.94. The van der Waals surface area contributed by atoms with Crippen LogP contribution < -0.4 is 5.32 Å². The van der Waals surface area contributed by atoms with Crippen molar-refractivity contribution < 1.29 is 0 Å². The van der Waals surface area contributed by atoms with Crippen LogP contribution in [0.25, 0.3) is 0 Å². The van der Waals surface area contributed by atoms with E-state index in [9.17, 15) is 0 Å². The number of rotatable bonds is 3. The summed E-state index contributed by atoms with van der Waals surface area (Å²) < 4.78 is 0. The molecule has 0 aliphatic rings. The van der Waals surface area contributed by atoms with E-state index in [1.807, 2.05) is 26.0 Å². The summed E-state index contributed by atoms with van der Waals surface area (Å²) in [6.07, 6.45) is 5.29. The summed E-state index contributed by atoms with van der Waals surface area (Å²) in [5.41, 5.74) is 1.00. The summed E-state index contributed by atoms with van der Waals surface area (Å²) in [5.74, 6) is 2.62. The van der Waals surface area contributed by atoms with E-state index < -0.39 is 0 Å². The van der Waals surface area contributed by atoms with Gasteiger partial charge in [-0.05, 0) is 31.5 Å². The molecule has 0 heterocycles. The minimum Gasteiger partial charge on any atom is -0.297 e. The monoisotopic (exact) mass is 241 g/mol. The van der Waals surface area contributed by atoms with E-state index in [2.05, 4.69) is 11.2 Å². The first-order chi connectivity index (χ1) is 7.04. The van der Waals surface area contributed by atoms with Crippen LogP contribution in [0.5, 0.6) is 0 Å². The maximum atomic E-state index is 6.07. The van der Waals surface area contributed by atoms with Crippen molar-refractivity contribution in [1.29, 1.82) is 0 Å².